The molecule has 0 heterocycles. The molecule has 0 aromatic carbocycles. The van der Waals surface area contributed by atoms with Gasteiger partial charge in [0.25, 0.3) is 0 Å². The lowest BCUT2D eigenvalue weighted by Crippen LogP contribution is -2.33. The number of rotatable bonds is 7. The van der Waals surface area contributed by atoms with E-state index in [-0.39, 0.29) is 13.1 Å². The molecule has 14 heteroatoms. The third-order valence-electron chi connectivity index (χ3n) is 1.60. The van der Waals surface area contributed by atoms with Crippen LogP contribution in [0.3, 0.4) is 0 Å². The predicted molar refractivity (Wildman–Crippen MR) is 74.2 cm³/mol. The van der Waals surface area contributed by atoms with E-state index in [2.05, 4.69) is 0 Å². The van der Waals surface area contributed by atoms with Crippen LogP contribution in [0.1, 0.15) is 0 Å². The smallest absolute Gasteiger partial charge is 0.230 e. The largest absolute Gasteiger partial charge is 0.602 e. The lowest BCUT2D eigenvalue weighted by atomic mass is 10.5. The summed E-state index contributed by atoms with van der Waals surface area (Å²) in [6, 6.07) is 0. The summed E-state index contributed by atoms with van der Waals surface area (Å²) in [7, 11) is -10.8. The molecule has 0 rings (SSSR count). The summed E-state index contributed by atoms with van der Waals surface area (Å²) in [6.45, 7) is -0.245. The van der Waals surface area contributed by atoms with E-state index in [0.717, 1.165) is 33.5 Å². The maximum absolute atomic E-state index is 10.6. The molecule has 0 aromatic heterocycles. The van der Waals surface area contributed by atoms with Gasteiger partial charge in [-0.3, -0.25) is 0 Å². The van der Waals surface area contributed by atoms with Gasteiger partial charge in [-0.05, 0) is 0 Å². The number of hydrogen-bond acceptors (Lipinski definition) is 8. The molecule has 0 radical (unpaired) electrons. The molecule has 0 fully saturated rings. The van der Waals surface area contributed by atoms with Crippen molar-refractivity contribution in [3.05, 3.63) is 0 Å². The molecule has 10 nitrogen and oxygen atoms in total. The lowest BCUT2D eigenvalue weighted by Gasteiger charge is -2.12. The van der Waals surface area contributed by atoms with Crippen molar-refractivity contribution in [1.29, 1.82) is 0 Å². The Labute approximate surface area is 118 Å². The van der Waals surface area contributed by atoms with E-state index in [9.17, 15) is 19.6 Å². The topological polar surface area (TPSA) is 180 Å². The molecule has 0 saturated carbocycles. The highest BCUT2D eigenvalue weighted by atomic mass is 31.1. The first-order valence-corrected chi connectivity index (χ1v) is 9.85. The zero-order chi connectivity index (χ0) is 15.7. The van der Waals surface area contributed by atoms with Crippen molar-refractivity contribution < 1.29 is 39.1 Å². The minimum Gasteiger partial charge on any atom is -0.602 e. The van der Waals surface area contributed by atoms with Crippen LogP contribution in [-0.2, 0) is 0 Å². The molecule has 0 aliphatic rings. The minimum atomic E-state index is -2.71. The van der Waals surface area contributed by atoms with E-state index >= 15 is 0 Å². The van der Waals surface area contributed by atoms with Gasteiger partial charge >= 0.3 is 0 Å². The Morgan fingerprint density at radius 3 is 0.950 bits per heavy atom. The average Bonchev–Trinajstić information content (AvgIpc) is 2.22. The predicted octanol–water partition coefficient (Wildman–Crippen LogP) is -4.71. The minimum absolute atomic E-state index is 0.122. The van der Waals surface area contributed by atoms with Gasteiger partial charge in [0.15, 0.2) is 23.7 Å². The zero-order valence-corrected chi connectivity index (χ0v) is 13.4. The summed E-state index contributed by atoms with van der Waals surface area (Å²) in [5.74, 6) is 3.09. The monoisotopic (exact) mass is 364 g/mol. The van der Waals surface area contributed by atoms with Crippen LogP contribution in [0.15, 0.2) is 0 Å². The fourth-order valence-electron chi connectivity index (χ4n) is 1.03. The molecule has 0 aromatic rings. The van der Waals surface area contributed by atoms with Crippen molar-refractivity contribution in [1.82, 2.24) is 9.80 Å². The van der Waals surface area contributed by atoms with E-state index in [4.69, 9.17) is 19.6 Å². The van der Waals surface area contributed by atoms with Crippen LogP contribution in [0.5, 0.6) is 0 Å². The molecule has 0 bridgehead atoms. The van der Waals surface area contributed by atoms with E-state index in [1.807, 2.05) is 0 Å². The van der Waals surface area contributed by atoms with Gasteiger partial charge in [-0.25, -0.2) is 0 Å². The van der Waals surface area contributed by atoms with Gasteiger partial charge in [-0.1, -0.05) is 0 Å². The highest BCUT2D eigenvalue weighted by Gasteiger charge is 2.12. The zero-order valence-electron chi connectivity index (χ0n) is 9.83. The van der Waals surface area contributed by atoms with Gasteiger partial charge in [0.05, 0.1) is 0 Å². The first-order valence-electron chi connectivity index (χ1n) is 4.73. The maximum Gasteiger partial charge on any atom is 0.230 e. The Balaban J connectivity index is 4.87. The summed E-state index contributed by atoms with van der Waals surface area (Å²) >= 11 is 0. The van der Waals surface area contributed by atoms with Crippen molar-refractivity contribution in [3.63, 3.8) is 0 Å². The summed E-state index contributed by atoms with van der Waals surface area (Å²) < 4.78 is 0. The summed E-state index contributed by atoms with van der Waals surface area (Å²) in [5, 5.41) is 0. The molecule has 4 atom stereocenters. The first kappa shape index (κ1) is 20.3. The summed E-state index contributed by atoms with van der Waals surface area (Å²) in [5.41, 5.74) is 0. The van der Waals surface area contributed by atoms with Gasteiger partial charge in [-0.2, -0.15) is 29.4 Å². The Bertz CT molecular complexity index is 347. The third kappa shape index (κ3) is 12.1. The Hall–Kier alpha value is 0.280. The Kier molecular flexibility index (Phi) is 11.1. The standard InChI is InChI=1S/C6H12N2O8P4/c9-17(10)3-7(4-18(11)12)1-2-8(5-19(13)14)6-20(15)16/h3-6H,1-2H2,(H,9,10)(H,11,12)(H,13,14)(H,15,16). The van der Waals surface area contributed by atoms with Crippen LogP contribution in [0, 0.1) is 0 Å². The van der Waals surface area contributed by atoms with E-state index in [1.165, 1.54) is 0 Å². The second-order valence-corrected chi connectivity index (χ2v) is 6.49. The molecule has 0 aliphatic carbocycles. The SMILES string of the molecule is [O-][P+](O)=CN(C=[P+]([O-])O)CCN(C=[P+]([O-])O)C=[P+]([O-])O. The Morgan fingerprint density at radius 2 is 0.800 bits per heavy atom. The van der Waals surface area contributed by atoms with Crippen LogP contribution in [0.25, 0.3) is 0 Å². The third-order valence-corrected chi connectivity index (χ3v) is 3.58. The molecule has 4 N–H and O–H groups in total. The second kappa shape index (κ2) is 10.9. The van der Waals surface area contributed by atoms with Gasteiger partial charge in [0.2, 0.25) is 32.0 Å². The lowest BCUT2D eigenvalue weighted by molar-refractivity contribution is -0.169. The van der Waals surface area contributed by atoms with Crippen LogP contribution in [0.4, 0.5) is 0 Å². The van der Waals surface area contributed by atoms with Crippen LogP contribution in [0.2, 0.25) is 0 Å². The molecule has 0 aliphatic heterocycles. The molecular weight excluding hydrogens is 352 g/mol. The van der Waals surface area contributed by atoms with Crippen LogP contribution < -0.4 is 19.6 Å². The summed E-state index contributed by atoms with van der Waals surface area (Å²) in [4.78, 5) is 79.3. The van der Waals surface area contributed by atoms with E-state index < -0.39 is 32.0 Å². The maximum atomic E-state index is 10.6. The van der Waals surface area contributed by atoms with Crippen LogP contribution in [-0.4, -0.2) is 66.1 Å². The number of hydrogen-bond donors (Lipinski definition) is 4. The molecular formula is C6H12N2O8P4. The summed E-state index contributed by atoms with van der Waals surface area (Å²) in [6.07, 6.45) is 0. The molecule has 114 valence electrons. The quantitative estimate of drug-likeness (QED) is 0.321. The second-order valence-electron chi connectivity index (χ2n) is 3.15. The molecule has 4 unspecified atom stereocenters. The molecule has 0 saturated heterocycles. The van der Waals surface area contributed by atoms with E-state index in [1.54, 1.807) is 0 Å². The van der Waals surface area contributed by atoms with Gasteiger partial charge in [0, 0.05) is 13.1 Å². The fourth-order valence-corrected chi connectivity index (χ4v) is 2.98. The number of nitrogens with zero attached hydrogens (tertiary/aromatic N) is 2. The highest BCUT2D eigenvalue weighted by Crippen LogP contribution is 2.07. The van der Waals surface area contributed by atoms with Crippen LogP contribution >= 0.6 is 32.0 Å². The van der Waals surface area contributed by atoms with Gasteiger partial charge < -0.3 is 19.6 Å². The van der Waals surface area contributed by atoms with E-state index in [0.29, 0.717) is 0 Å². The van der Waals surface area contributed by atoms with Crippen molar-refractivity contribution in [2.45, 2.75) is 0 Å². The molecule has 20 heavy (non-hydrogen) atoms. The highest BCUT2D eigenvalue weighted by molar-refractivity contribution is 7.46. The fraction of sp³-hybridized carbons (Fsp3) is 0.333. The normalized spacial score (nSPS) is 15.5. The van der Waals surface area contributed by atoms with Crippen molar-refractivity contribution in [2.24, 2.45) is 0 Å². The van der Waals surface area contributed by atoms with Gasteiger partial charge in [0.1, 0.15) is 0 Å². The van der Waals surface area contributed by atoms with Crippen molar-refractivity contribution >= 4 is 55.7 Å². The van der Waals surface area contributed by atoms with Crippen molar-refractivity contribution in [2.75, 3.05) is 13.1 Å². The first-order chi connectivity index (χ1) is 9.20. The molecule has 0 amide bonds. The van der Waals surface area contributed by atoms with Crippen molar-refractivity contribution in [3.8, 4) is 0 Å². The Morgan fingerprint density at radius 1 is 0.600 bits per heavy atom. The average molecular weight is 364 g/mol. The molecule has 0 spiro atoms. The van der Waals surface area contributed by atoms with Gasteiger partial charge in [-0.15, -0.1) is 0 Å².